The molecule has 1 aromatic carbocycles. The molecule has 1 saturated heterocycles. The van der Waals surface area contributed by atoms with Crippen LogP contribution in [0.15, 0.2) is 83.7 Å². The number of benzene rings is 1. The van der Waals surface area contributed by atoms with Crippen molar-refractivity contribution >= 4 is 27.3 Å². The summed E-state index contributed by atoms with van der Waals surface area (Å²) in [7, 11) is 0. The van der Waals surface area contributed by atoms with Crippen molar-refractivity contribution in [2.24, 2.45) is 5.73 Å². The second-order valence-corrected chi connectivity index (χ2v) is 8.52. The molecule has 3 rings (SSSR count). The summed E-state index contributed by atoms with van der Waals surface area (Å²) in [5.74, 6) is 0. The second-order valence-electron chi connectivity index (χ2n) is 7.60. The summed E-state index contributed by atoms with van der Waals surface area (Å²) >= 11 is 3.52. The molecule has 5 N–H and O–H groups in total. The third-order valence-corrected chi connectivity index (χ3v) is 5.71. The molecule has 0 unspecified atom stereocenters. The Morgan fingerprint density at radius 1 is 1.32 bits per heavy atom. The fourth-order valence-electron chi connectivity index (χ4n) is 3.71. The Morgan fingerprint density at radius 3 is 2.81 bits per heavy atom. The maximum atomic E-state index is 6.26. The highest BCUT2D eigenvalue weighted by molar-refractivity contribution is 9.10. The van der Waals surface area contributed by atoms with Crippen LogP contribution in [-0.4, -0.2) is 29.0 Å². The van der Waals surface area contributed by atoms with Crippen LogP contribution in [0.5, 0.6) is 0 Å². The number of nitrogens with two attached hydrogens (primary N) is 2. The van der Waals surface area contributed by atoms with Crippen LogP contribution in [0.2, 0.25) is 0 Å². The van der Waals surface area contributed by atoms with Crippen molar-refractivity contribution in [1.82, 2.24) is 15.2 Å². The molecule has 2 aromatic rings. The zero-order valence-electron chi connectivity index (χ0n) is 17.9. The third kappa shape index (κ3) is 5.66. The minimum atomic E-state index is 0.169. The number of nitrogens with zero attached hydrogens (tertiary/aromatic N) is 2. The van der Waals surface area contributed by atoms with Gasteiger partial charge in [0.25, 0.3) is 0 Å². The average molecular weight is 480 g/mol. The molecule has 1 fully saturated rings. The van der Waals surface area contributed by atoms with Crippen LogP contribution in [0.4, 0.5) is 5.69 Å². The molecule has 162 valence electrons. The molecule has 0 amide bonds. The predicted octanol–water partition coefficient (Wildman–Crippen LogP) is 5.05. The van der Waals surface area contributed by atoms with E-state index in [4.69, 9.17) is 16.5 Å². The number of pyridine rings is 1. The Morgan fingerprint density at radius 2 is 2.13 bits per heavy atom. The van der Waals surface area contributed by atoms with Gasteiger partial charge in [0, 0.05) is 29.2 Å². The quantitative estimate of drug-likeness (QED) is 0.484. The summed E-state index contributed by atoms with van der Waals surface area (Å²) < 4.78 is 0.995. The van der Waals surface area contributed by atoms with E-state index in [0.717, 1.165) is 53.1 Å². The topological polar surface area (TPSA) is 80.2 Å². The van der Waals surface area contributed by atoms with E-state index in [1.165, 1.54) is 0 Å². The number of piperidine rings is 1. The first-order valence-corrected chi connectivity index (χ1v) is 11.2. The molecule has 0 aliphatic carbocycles. The van der Waals surface area contributed by atoms with Gasteiger partial charge in [0.2, 0.25) is 0 Å². The summed E-state index contributed by atoms with van der Waals surface area (Å²) in [4.78, 5) is 7.08. The lowest BCUT2D eigenvalue weighted by molar-refractivity contribution is 0.264. The van der Waals surface area contributed by atoms with E-state index in [1.807, 2.05) is 49.4 Å². The fourth-order valence-corrected chi connectivity index (χ4v) is 4.11. The molecule has 31 heavy (non-hydrogen) atoms. The van der Waals surface area contributed by atoms with E-state index < -0.39 is 0 Å². The highest BCUT2D eigenvalue weighted by Crippen LogP contribution is 2.26. The van der Waals surface area contributed by atoms with E-state index in [9.17, 15) is 0 Å². The average Bonchev–Trinajstić information content (AvgIpc) is 2.76. The Kier molecular flexibility index (Phi) is 7.71. The highest BCUT2D eigenvalue weighted by atomic mass is 79.9. The standard InChI is InChI=1S/C25H30BrN5/c1-4-8-24(31-14-7-11-20(27)16-31)22(5-2)29-17(3)25-21(28)12-13-23(30-25)18-9-6-10-19(26)15-18/h4-6,8-10,12-13,15,20,29H,2-3,7,11,14,16,27-28H2,1H3/b8-4-,24-22-/t20-/m0/s1. The van der Waals surface area contributed by atoms with Crippen molar-refractivity contribution in [1.29, 1.82) is 0 Å². The first-order valence-electron chi connectivity index (χ1n) is 10.4. The number of likely N-dealkylation sites (tertiary alicyclic amines) is 1. The van der Waals surface area contributed by atoms with Crippen LogP contribution in [0, 0.1) is 0 Å². The van der Waals surface area contributed by atoms with Gasteiger partial charge in [0.05, 0.1) is 28.5 Å². The van der Waals surface area contributed by atoms with Crippen molar-refractivity contribution in [3.05, 3.63) is 89.3 Å². The number of nitrogens with one attached hydrogen (secondary N) is 1. The van der Waals surface area contributed by atoms with Gasteiger partial charge in [0.15, 0.2) is 0 Å². The summed E-state index contributed by atoms with van der Waals surface area (Å²) in [5.41, 5.74) is 18.0. The number of aromatic nitrogens is 1. The van der Waals surface area contributed by atoms with Crippen molar-refractivity contribution in [3.8, 4) is 11.3 Å². The number of hydrogen-bond acceptors (Lipinski definition) is 5. The third-order valence-electron chi connectivity index (χ3n) is 5.22. The van der Waals surface area contributed by atoms with Crippen LogP contribution in [0.3, 0.4) is 0 Å². The molecule has 0 radical (unpaired) electrons. The van der Waals surface area contributed by atoms with E-state index in [1.54, 1.807) is 6.08 Å². The van der Waals surface area contributed by atoms with Crippen molar-refractivity contribution < 1.29 is 0 Å². The summed E-state index contributed by atoms with van der Waals surface area (Å²) in [6.45, 7) is 12.0. The lowest BCUT2D eigenvalue weighted by Gasteiger charge is -2.34. The van der Waals surface area contributed by atoms with Gasteiger partial charge in [-0.25, -0.2) is 4.98 Å². The van der Waals surface area contributed by atoms with E-state index in [2.05, 4.69) is 45.4 Å². The molecule has 1 atom stereocenters. The molecular weight excluding hydrogens is 450 g/mol. The van der Waals surface area contributed by atoms with Gasteiger partial charge in [-0.3, -0.25) is 0 Å². The van der Waals surface area contributed by atoms with Gasteiger partial charge >= 0.3 is 0 Å². The van der Waals surface area contributed by atoms with Crippen LogP contribution in [-0.2, 0) is 0 Å². The first-order chi connectivity index (χ1) is 14.9. The number of hydrogen-bond donors (Lipinski definition) is 3. The van der Waals surface area contributed by atoms with Gasteiger partial charge in [0.1, 0.15) is 5.69 Å². The second kappa shape index (κ2) is 10.5. The van der Waals surface area contributed by atoms with Gasteiger partial charge in [-0.05, 0) is 56.2 Å². The predicted molar refractivity (Wildman–Crippen MR) is 135 cm³/mol. The minimum absolute atomic E-state index is 0.169. The summed E-state index contributed by atoms with van der Waals surface area (Å²) in [5, 5.41) is 3.39. The lowest BCUT2D eigenvalue weighted by atomic mass is 10.0. The normalized spacial score (nSPS) is 17.4. The summed E-state index contributed by atoms with van der Waals surface area (Å²) in [6.07, 6.45) is 8.01. The van der Waals surface area contributed by atoms with Crippen LogP contribution < -0.4 is 16.8 Å². The molecule has 0 bridgehead atoms. The number of nitrogen functional groups attached to an aromatic ring is 1. The van der Waals surface area contributed by atoms with Gasteiger partial charge in [-0.2, -0.15) is 0 Å². The van der Waals surface area contributed by atoms with Crippen LogP contribution in [0.25, 0.3) is 17.0 Å². The monoisotopic (exact) mass is 479 g/mol. The van der Waals surface area contributed by atoms with Crippen LogP contribution >= 0.6 is 15.9 Å². The smallest absolute Gasteiger partial charge is 0.109 e. The summed E-state index contributed by atoms with van der Waals surface area (Å²) in [6, 6.07) is 12.0. The van der Waals surface area contributed by atoms with Crippen molar-refractivity contribution in [2.75, 3.05) is 18.8 Å². The Labute approximate surface area is 193 Å². The first kappa shape index (κ1) is 22.8. The molecule has 2 heterocycles. The molecule has 1 aliphatic rings. The Hall–Kier alpha value is -2.83. The minimum Gasteiger partial charge on any atom is -0.397 e. The fraction of sp³-hybridized carbons (Fsp3) is 0.240. The SMILES string of the molecule is C=C/C(NC(=C)c1nc(-c2cccc(Br)c2)ccc1N)=C(\C=C/C)N1CCC[C@H](N)C1. The van der Waals surface area contributed by atoms with Gasteiger partial charge in [-0.15, -0.1) is 0 Å². The highest BCUT2D eigenvalue weighted by Gasteiger charge is 2.20. The van der Waals surface area contributed by atoms with Gasteiger partial charge < -0.3 is 21.7 Å². The molecule has 1 aromatic heterocycles. The van der Waals surface area contributed by atoms with E-state index >= 15 is 0 Å². The molecular formula is C25H30BrN5. The maximum Gasteiger partial charge on any atom is 0.109 e. The number of anilines is 1. The molecule has 0 spiro atoms. The van der Waals surface area contributed by atoms with Crippen molar-refractivity contribution in [2.45, 2.75) is 25.8 Å². The van der Waals surface area contributed by atoms with E-state index in [-0.39, 0.29) is 6.04 Å². The van der Waals surface area contributed by atoms with Gasteiger partial charge in [-0.1, -0.05) is 47.3 Å². The maximum absolute atomic E-state index is 6.26. The molecule has 6 heteroatoms. The number of allylic oxidation sites excluding steroid dienone is 3. The van der Waals surface area contributed by atoms with Crippen molar-refractivity contribution in [3.63, 3.8) is 0 Å². The zero-order valence-corrected chi connectivity index (χ0v) is 19.5. The van der Waals surface area contributed by atoms with Crippen LogP contribution in [0.1, 0.15) is 25.5 Å². The molecule has 0 saturated carbocycles. The molecule has 5 nitrogen and oxygen atoms in total. The Balaban J connectivity index is 1.93. The van der Waals surface area contributed by atoms with E-state index in [0.29, 0.717) is 17.1 Å². The zero-order chi connectivity index (χ0) is 22.4. The lowest BCUT2D eigenvalue weighted by Crippen LogP contribution is -2.42. The Bertz CT molecular complexity index is 1020. The molecule has 1 aliphatic heterocycles. The number of rotatable bonds is 7. The largest absolute Gasteiger partial charge is 0.397 e. The number of halogens is 1.